The monoisotopic (exact) mass is 1500 g/mol. The SMILES string of the molecule is Cc1c(-c2cc3c(c[n+]2C)oc2c4ccccc4ccc32)sc2ccccc12.Cc1c(-c2cc3c(c[n+]2C)oc2cc4ccccc4cc23)oc2ccccc12.Cc1c(-c2cc3c(c[n+]2C)oc2cc4ccccc4cc23)sc2ccccc12.Cc1sc2ccccc2c1-c1cc2c(c[n+]1C)oc1c3ccccc3ccc21. The molecule has 0 amide bonds. The van der Waals surface area contributed by atoms with Crippen molar-refractivity contribution in [2.24, 2.45) is 28.2 Å². The molecule has 0 saturated carbocycles. The summed E-state index contributed by atoms with van der Waals surface area (Å²) in [6.45, 7) is 8.77. The molecule has 24 rings (SSSR count). The van der Waals surface area contributed by atoms with Crippen molar-refractivity contribution in [3.05, 3.63) is 313 Å². The van der Waals surface area contributed by atoms with Gasteiger partial charge in [0.25, 0.3) is 0 Å². The number of hydrogen-bond donors (Lipinski definition) is 0. The summed E-state index contributed by atoms with van der Waals surface area (Å²) in [6.07, 6.45) is 8.38. The normalized spacial score (nSPS) is 11.9. The molecule has 9 nitrogen and oxygen atoms in total. The number of hydrogen-bond acceptors (Lipinski definition) is 8. The smallest absolute Gasteiger partial charge is 0.249 e. The summed E-state index contributed by atoms with van der Waals surface area (Å²) >= 11 is 5.58. The molecule has 0 aliphatic heterocycles. The Morgan fingerprint density at radius 1 is 0.232 bits per heavy atom. The van der Waals surface area contributed by atoms with Gasteiger partial charge in [0.15, 0.2) is 22.3 Å². The molecule has 0 aliphatic carbocycles. The molecule has 0 radical (unpaired) electrons. The second-order valence-corrected chi connectivity index (χ2v) is 32.9. The van der Waals surface area contributed by atoms with Crippen molar-refractivity contribution in [3.8, 4) is 43.9 Å². The van der Waals surface area contributed by atoms with Crippen LogP contribution in [-0.4, -0.2) is 0 Å². The van der Waals surface area contributed by atoms with Crippen LogP contribution in [0.25, 0.3) is 216 Å². The maximum Gasteiger partial charge on any atom is 0.249 e. The predicted octanol–water partition coefficient (Wildman–Crippen LogP) is 26.5. The number of pyridine rings is 4. The Bertz CT molecular complexity index is 7650. The third kappa shape index (κ3) is 11.0. The number of nitrogens with zero attached hydrogens (tertiary/aromatic N) is 4. The maximum atomic E-state index is 6.32. The molecule has 0 saturated heterocycles. The summed E-state index contributed by atoms with van der Waals surface area (Å²) in [5.74, 6) is 0.903. The zero-order valence-electron chi connectivity index (χ0n) is 62.8. The molecule has 0 unspecified atom stereocenters. The summed E-state index contributed by atoms with van der Waals surface area (Å²) < 4.78 is 43.9. The number of benzene rings is 12. The van der Waals surface area contributed by atoms with Crippen LogP contribution in [0.15, 0.2) is 314 Å². The minimum absolute atomic E-state index is 0.880. The van der Waals surface area contributed by atoms with Crippen LogP contribution in [0.2, 0.25) is 0 Å². The van der Waals surface area contributed by atoms with E-state index in [1.54, 1.807) is 0 Å². The van der Waals surface area contributed by atoms with Gasteiger partial charge in [0.2, 0.25) is 53.3 Å². The molecule has 12 aromatic heterocycles. The van der Waals surface area contributed by atoms with Crippen LogP contribution >= 0.6 is 34.0 Å². The lowest BCUT2D eigenvalue weighted by atomic mass is 10.0. The molecule has 0 N–H and O–H groups in total. The Kier molecular flexibility index (Phi) is 15.8. The van der Waals surface area contributed by atoms with E-state index in [9.17, 15) is 0 Å². The van der Waals surface area contributed by atoms with E-state index in [2.05, 4.69) is 334 Å². The molecule has 12 aromatic carbocycles. The molecule has 0 atom stereocenters. The first-order valence-electron chi connectivity index (χ1n) is 37.7. The minimum atomic E-state index is 0.880. The second-order valence-electron chi connectivity index (χ2n) is 29.5. The third-order valence-corrected chi connectivity index (χ3v) is 26.4. The van der Waals surface area contributed by atoms with E-state index in [0.29, 0.717) is 0 Å². The summed E-state index contributed by atoms with van der Waals surface area (Å²) in [7, 11) is 8.34. The first-order valence-corrected chi connectivity index (χ1v) is 40.1. The highest BCUT2D eigenvalue weighted by Gasteiger charge is 2.28. The van der Waals surface area contributed by atoms with Gasteiger partial charge in [-0.2, -0.15) is 18.3 Å². The third-order valence-electron chi connectivity index (χ3n) is 22.7. The fourth-order valence-corrected chi connectivity index (χ4v) is 20.6. The van der Waals surface area contributed by atoms with Crippen LogP contribution in [-0.2, 0) is 28.2 Å². The van der Waals surface area contributed by atoms with Gasteiger partial charge in [0, 0.05) is 113 Å². The van der Waals surface area contributed by atoms with Gasteiger partial charge in [-0.1, -0.05) is 182 Å². The number of rotatable bonds is 4. The highest BCUT2D eigenvalue weighted by atomic mass is 32.1. The molecule has 12 heteroatoms. The molecule has 0 spiro atoms. The maximum absolute atomic E-state index is 6.32. The standard InChI is InChI=1S/C25H18NO2.3C25H18NOS/c1-15-18-9-5-6-10-22(18)28-25(15)21-13-20-19-11-16-7-3-4-8-17(16)12-23(19)27-24(20)14-26(21)2;1-15-17-8-5-6-10-23(17)28-25(15)21-13-20-19-12-11-16-7-3-4-9-18(16)24(19)27-22(20)14-26(21)2;1-15-18-9-5-6-10-24(18)28-25(15)21-13-20-19-11-16-7-3-4-8-17(16)12-22(19)27-23(20)14-26(21)2;1-15-24(19-9-5-6-10-23(19)28-15)21-13-20-18-12-11-16-7-3-4-8-17(16)25(18)27-22(20)14-26(21)2/h4*3-14H,1-2H3/q4*+1. The zero-order chi connectivity index (χ0) is 75.3. The highest BCUT2D eigenvalue weighted by molar-refractivity contribution is 7.23. The van der Waals surface area contributed by atoms with Crippen LogP contribution in [0.4, 0.5) is 0 Å². The van der Waals surface area contributed by atoms with Gasteiger partial charge in [0.05, 0.1) is 5.56 Å². The average Bonchev–Trinajstić information content (AvgIpc) is 1.60. The number of para-hydroxylation sites is 1. The first-order chi connectivity index (χ1) is 54.8. The van der Waals surface area contributed by atoms with Crippen molar-refractivity contribution >= 4 is 206 Å². The number of thiophene rings is 3. The number of aryl methyl sites for hydroxylation is 8. The molecule has 0 aliphatic rings. The molecule has 0 bridgehead atoms. The molecule has 24 aromatic rings. The lowest BCUT2D eigenvalue weighted by Crippen LogP contribution is -2.30. The van der Waals surface area contributed by atoms with Gasteiger partial charge in [-0.25, -0.2) is 0 Å². The van der Waals surface area contributed by atoms with Gasteiger partial charge in [-0.05, 0) is 143 Å². The van der Waals surface area contributed by atoms with Crippen LogP contribution in [0.1, 0.15) is 21.6 Å². The van der Waals surface area contributed by atoms with E-state index < -0.39 is 0 Å². The van der Waals surface area contributed by atoms with Crippen molar-refractivity contribution in [1.82, 2.24) is 0 Å². The topological polar surface area (TPSA) is 81.2 Å². The van der Waals surface area contributed by atoms with Gasteiger partial charge < -0.3 is 22.1 Å². The Balaban J connectivity index is 0.0000000943. The lowest BCUT2D eigenvalue weighted by molar-refractivity contribution is -0.659. The number of aromatic nitrogens is 4. The van der Waals surface area contributed by atoms with Crippen LogP contribution in [0, 0.1) is 27.7 Å². The van der Waals surface area contributed by atoms with Crippen LogP contribution in [0.3, 0.4) is 0 Å². The fourth-order valence-electron chi connectivity index (χ4n) is 16.9. The van der Waals surface area contributed by atoms with Crippen molar-refractivity contribution in [2.45, 2.75) is 27.7 Å². The van der Waals surface area contributed by atoms with Crippen molar-refractivity contribution in [2.75, 3.05) is 0 Å². The van der Waals surface area contributed by atoms with E-state index in [1.807, 2.05) is 65.5 Å². The van der Waals surface area contributed by atoms with E-state index in [0.717, 1.165) is 88.8 Å². The Morgan fingerprint density at radius 3 is 1.05 bits per heavy atom. The van der Waals surface area contributed by atoms with Crippen LogP contribution in [0.5, 0.6) is 0 Å². The summed E-state index contributed by atoms with van der Waals surface area (Å²) in [6, 6.07) is 94.3. The Morgan fingerprint density at radius 2 is 0.580 bits per heavy atom. The van der Waals surface area contributed by atoms with Gasteiger partial charge in [-0.15, -0.1) is 34.0 Å². The van der Waals surface area contributed by atoms with Crippen LogP contribution < -0.4 is 18.3 Å². The molecular formula is C100H72N4O5S3+4. The molecule has 536 valence electrons. The molecular weight excluding hydrogens is 1430 g/mol. The number of furan rings is 5. The van der Waals surface area contributed by atoms with E-state index in [4.69, 9.17) is 22.1 Å². The zero-order valence-corrected chi connectivity index (χ0v) is 65.2. The number of fused-ring (bicyclic) bond motifs is 22. The quantitative estimate of drug-likeness (QED) is 0.164. The second kappa shape index (κ2) is 26.3. The molecule has 12 heterocycles. The average molecular weight is 1510 g/mol. The minimum Gasteiger partial charge on any atom is -0.450 e. The summed E-state index contributed by atoms with van der Waals surface area (Å²) in [4.78, 5) is 3.98. The van der Waals surface area contributed by atoms with Crippen molar-refractivity contribution in [1.29, 1.82) is 0 Å². The van der Waals surface area contributed by atoms with Gasteiger partial charge in [-0.3, -0.25) is 0 Å². The lowest BCUT2D eigenvalue weighted by Gasteiger charge is -2.01. The van der Waals surface area contributed by atoms with Gasteiger partial charge in [0.1, 0.15) is 65.9 Å². The van der Waals surface area contributed by atoms with E-state index in [1.165, 1.54) is 149 Å². The Hall–Kier alpha value is -13.1. The van der Waals surface area contributed by atoms with E-state index >= 15 is 0 Å². The summed E-state index contributed by atoms with van der Waals surface area (Å²) in [5.41, 5.74) is 18.2. The largest absolute Gasteiger partial charge is 0.450 e. The fraction of sp³-hybridized carbons (Fsp3) is 0.0800. The Labute approximate surface area is 654 Å². The van der Waals surface area contributed by atoms with E-state index in [-0.39, 0.29) is 0 Å². The van der Waals surface area contributed by atoms with Crippen molar-refractivity contribution < 1.29 is 40.4 Å². The highest BCUT2D eigenvalue weighted by Crippen LogP contribution is 2.45. The molecule has 112 heavy (non-hydrogen) atoms. The van der Waals surface area contributed by atoms with Gasteiger partial charge >= 0.3 is 0 Å². The predicted molar refractivity (Wildman–Crippen MR) is 466 cm³/mol. The van der Waals surface area contributed by atoms with Crippen molar-refractivity contribution in [3.63, 3.8) is 0 Å². The summed E-state index contributed by atoms with van der Waals surface area (Å²) in [5, 5.41) is 24.0. The first kappa shape index (κ1) is 67.0. The molecule has 0 fully saturated rings.